The molecule has 0 spiro atoms. The van der Waals surface area contributed by atoms with Gasteiger partial charge in [0.1, 0.15) is 0 Å². The molecule has 1 atom stereocenters. The number of hydrogen-bond acceptors (Lipinski definition) is 2. The van der Waals surface area contributed by atoms with Crippen LogP contribution in [0, 0.1) is 5.92 Å². The van der Waals surface area contributed by atoms with Crippen LogP contribution in [0.4, 0.5) is 4.79 Å². The number of rotatable bonds is 5. The number of hydrogen-bond donors (Lipinski definition) is 2. The Kier molecular flexibility index (Phi) is 4.99. The Hall–Kier alpha value is -1.26. The number of carboxylic acids is 1. The van der Waals surface area contributed by atoms with E-state index in [4.69, 9.17) is 5.11 Å². The van der Waals surface area contributed by atoms with Crippen molar-refractivity contribution in [3.05, 3.63) is 0 Å². The number of amides is 2. The molecule has 104 valence electrons. The molecule has 1 aliphatic heterocycles. The molecule has 5 heteroatoms. The second-order valence-electron chi connectivity index (χ2n) is 5.40. The third kappa shape index (κ3) is 3.89. The molecule has 2 amide bonds. The van der Waals surface area contributed by atoms with Gasteiger partial charge in [-0.05, 0) is 32.1 Å². The van der Waals surface area contributed by atoms with Gasteiger partial charge < -0.3 is 15.3 Å². The molecule has 0 bridgehead atoms. The molecule has 5 nitrogen and oxygen atoms in total. The van der Waals surface area contributed by atoms with Crippen LogP contribution >= 0.6 is 0 Å². The number of aliphatic carboxylic acids is 1. The van der Waals surface area contributed by atoms with Crippen LogP contribution in [0.25, 0.3) is 0 Å². The zero-order valence-electron chi connectivity index (χ0n) is 11.5. The van der Waals surface area contributed by atoms with E-state index in [-0.39, 0.29) is 23.9 Å². The maximum absolute atomic E-state index is 12.1. The largest absolute Gasteiger partial charge is 0.481 e. The van der Waals surface area contributed by atoms with Crippen molar-refractivity contribution in [2.45, 2.75) is 52.0 Å². The first-order chi connectivity index (χ1) is 8.40. The molecule has 1 aliphatic rings. The summed E-state index contributed by atoms with van der Waals surface area (Å²) in [5, 5.41) is 11.8. The van der Waals surface area contributed by atoms with Crippen molar-refractivity contribution in [3.63, 3.8) is 0 Å². The van der Waals surface area contributed by atoms with Crippen molar-refractivity contribution < 1.29 is 14.7 Å². The molecule has 0 aromatic rings. The van der Waals surface area contributed by atoms with E-state index in [0.29, 0.717) is 13.1 Å². The first-order valence-electron chi connectivity index (χ1n) is 6.69. The summed E-state index contributed by atoms with van der Waals surface area (Å²) in [6, 6.07) is -0.0610. The molecule has 2 N–H and O–H groups in total. The third-order valence-electron chi connectivity index (χ3n) is 4.01. The average Bonchev–Trinajstić information content (AvgIpc) is 2.76. The number of carboxylic acid groups (broad SMARTS) is 1. The predicted octanol–water partition coefficient (Wildman–Crippen LogP) is 2.07. The van der Waals surface area contributed by atoms with E-state index in [1.807, 2.05) is 6.92 Å². The van der Waals surface area contributed by atoms with Gasteiger partial charge in [0, 0.05) is 25.0 Å². The minimum Gasteiger partial charge on any atom is -0.481 e. The first-order valence-corrected chi connectivity index (χ1v) is 6.69. The number of nitrogens with zero attached hydrogens (tertiary/aromatic N) is 1. The Morgan fingerprint density at radius 1 is 1.39 bits per heavy atom. The Bertz CT molecular complexity index is 313. The topological polar surface area (TPSA) is 69.6 Å². The van der Waals surface area contributed by atoms with Crippen LogP contribution in [0.2, 0.25) is 0 Å². The van der Waals surface area contributed by atoms with Crippen LogP contribution in [0.1, 0.15) is 46.5 Å². The lowest BCUT2D eigenvalue weighted by Crippen LogP contribution is -2.50. The van der Waals surface area contributed by atoms with Gasteiger partial charge in [0.2, 0.25) is 0 Å². The van der Waals surface area contributed by atoms with Crippen LogP contribution in [-0.4, -0.2) is 40.6 Å². The Labute approximate surface area is 109 Å². The highest BCUT2D eigenvalue weighted by molar-refractivity contribution is 5.75. The zero-order valence-corrected chi connectivity index (χ0v) is 11.5. The van der Waals surface area contributed by atoms with Gasteiger partial charge in [-0.2, -0.15) is 0 Å². The van der Waals surface area contributed by atoms with E-state index >= 15 is 0 Å². The Morgan fingerprint density at radius 3 is 2.50 bits per heavy atom. The van der Waals surface area contributed by atoms with Crippen molar-refractivity contribution in [2.24, 2.45) is 5.92 Å². The van der Waals surface area contributed by atoms with Gasteiger partial charge in [0.25, 0.3) is 0 Å². The van der Waals surface area contributed by atoms with Crippen molar-refractivity contribution in [2.75, 3.05) is 13.1 Å². The molecule has 0 saturated carbocycles. The quantitative estimate of drug-likeness (QED) is 0.791. The minimum atomic E-state index is -0.783. The minimum absolute atomic E-state index is 0.0610. The summed E-state index contributed by atoms with van der Waals surface area (Å²) in [7, 11) is 0. The lowest BCUT2D eigenvalue weighted by Gasteiger charge is -2.31. The normalized spacial score (nSPS) is 19.9. The molecule has 0 aromatic heterocycles. The number of nitrogens with one attached hydrogen (secondary N) is 1. The molecule has 1 unspecified atom stereocenters. The Balaban J connectivity index is 2.47. The molecule has 0 aliphatic carbocycles. The molecular formula is C13H24N2O3. The summed E-state index contributed by atoms with van der Waals surface area (Å²) in [6.45, 7) is 7.37. The third-order valence-corrected chi connectivity index (χ3v) is 4.01. The maximum atomic E-state index is 12.1. The van der Waals surface area contributed by atoms with Crippen molar-refractivity contribution in [3.8, 4) is 0 Å². The highest BCUT2D eigenvalue weighted by Crippen LogP contribution is 2.21. The van der Waals surface area contributed by atoms with Crippen LogP contribution in [0.15, 0.2) is 0 Å². The van der Waals surface area contributed by atoms with E-state index < -0.39 is 5.97 Å². The van der Waals surface area contributed by atoms with E-state index in [9.17, 15) is 9.59 Å². The van der Waals surface area contributed by atoms with Crippen LogP contribution in [-0.2, 0) is 4.79 Å². The Morgan fingerprint density at radius 2 is 2.00 bits per heavy atom. The molecule has 1 heterocycles. The van der Waals surface area contributed by atoms with Gasteiger partial charge in [-0.25, -0.2) is 4.79 Å². The number of likely N-dealkylation sites (tertiary alicyclic amines) is 1. The molecule has 1 rings (SSSR count). The molecule has 0 aromatic carbocycles. The summed E-state index contributed by atoms with van der Waals surface area (Å²) < 4.78 is 0. The number of carbonyl (C=O) groups is 2. The maximum Gasteiger partial charge on any atom is 0.317 e. The van der Waals surface area contributed by atoms with Gasteiger partial charge in [-0.15, -0.1) is 0 Å². The second-order valence-corrected chi connectivity index (χ2v) is 5.40. The van der Waals surface area contributed by atoms with E-state index in [2.05, 4.69) is 19.2 Å². The van der Waals surface area contributed by atoms with Crippen LogP contribution in [0.5, 0.6) is 0 Å². The van der Waals surface area contributed by atoms with Gasteiger partial charge in [-0.1, -0.05) is 13.8 Å². The van der Waals surface area contributed by atoms with Gasteiger partial charge in [0.05, 0.1) is 0 Å². The molecule has 1 saturated heterocycles. The molecule has 1 fully saturated rings. The average molecular weight is 256 g/mol. The monoisotopic (exact) mass is 256 g/mol. The fourth-order valence-electron chi connectivity index (χ4n) is 2.19. The fourth-order valence-corrected chi connectivity index (χ4v) is 2.19. The van der Waals surface area contributed by atoms with Gasteiger partial charge >= 0.3 is 12.0 Å². The summed E-state index contributed by atoms with van der Waals surface area (Å²) in [4.78, 5) is 24.4. The van der Waals surface area contributed by atoms with Crippen molar-refractivity contribution in [1.29, 1.82) is 0 Å². The molecule has 0 radical (unpaired) electrons. The van der Waals surface area contributed by atoms with Crippen molar-refractivity contribution in [1.82, 2.24) is 10.2 Å². The highest BCUT2D eigenvalue weighted by Gasteiger charge is 2.30. The van der Waals surface area contributed by atoms with Crippen molar-refractivity contribution >= 4 is 12.0 Å². The molecule has 18 heavy (non-hydrogen) atoms. The van der Waals surface area contributed by atoms with E-state index in [0.717, 1.165) is 19.3 Å². The first kappa shape index (κ1) is 14.8. The fraction of sp³-hybridized carbons (Fsp3) is 0.846. The second kappa shape index (κ2) is 6.07. The SMILES string of the molecule is CCC(C)(CC)NC(=O)N1CCC(CC(=O)O)C1. The van der Waals surface area contributed by atoms with Gasteiger partial charge in [0.15, 0.2) is 0 Å². The van der Waals surface area contributed by atoms with Crippen LogP contribution in [0.3, 0.4) is 0 Å². The van der Waals surface area contributed by atoms with Crippen LogP contribution < -0.4 is 5.32 Å². The standard InChI is InChI=1S/C13H24N2O3/c1-4-13(3,5-2)14-12(18)15-7-6-10(9-15)8-11(16)17/h10H,4-9H2,1-3H3,(H,14,18)(H,16,17). The van der Waals surface area contributed by atoms with Gasteiger partial charge in [-0.3, -0.25) is 4.79 Å². The zero-order chi connectivity index (χ0) is 13.8. The molecular weight excluding hydrogens is 232 g/mol. The summed E-state index contributed by atoms with van der Waals surface area (Å²) in [5.74, 6) is -0.683. The lowest BCUT2D eigenvalue weighted by atomic mass is 9.96. The lowest BCUT2D eigenvalue weighted by molar-refractivity contribution is -0.138. The number of urea groups is 1. The predicted molar refractivity (Wildman–Crippen MR) is 69.5 cm³/mol. The summed E-state index contributed by atoms with van der Waals surface area (Å²) in [5.41, 5.74) is -0.165. The summed E-state index contributed by atoms with van der Waals surface area (Å²) in [6.07, 6.45) is 2.72. The number of carbonyl (C=O) groups excluding carboxylic acids is 1. The van der Waals surface area contributed by atoms with E-state index in [1.165, 1.54) is 0 Å². The van der Waals surface area contributed by atoms with E-state index in [1.54, 1.807) is 4.90 Å². The highest BCUT2D eigenvalue weighted by atomic mass is 16.4. The summed E-state index contributed by atoms with van der Waals surface area (Å²) >= 11 is 0. The smallest absolute Gasteiger partial charge is 0.317 e.